The van der Waals surface area contributed by atoms with Gasteiger partial charge in [0.1, 0.15) is 5.00 Å². The fourth-order valence-electron chi connectivity index (χ4n) is 3.47. The van der Waals surface area contributed by atoms with Gasteiger partial charge < -0.3 is 20.2 Å². The molecule has 1 amide bonds. The van der Waals surface area contributed by atoms with E-state index in [1.165, 1.54) is 40.5 Å². The van der Waals surface area contributed by atoms with Gasteiger partial charge >= 0.3 is 11.8 Å². The number of rotatable bonds is 6. The van der Waals surface area contributed by atoms with Crippen LogP contribution in [0, 0.1) is 17.0 Å². The highest BCUT2D eigenvalue weighted by molar-refractivity contribution is 7.17. The Kier molecular flexibility index (Phi) is 5.39. The maximum atomic E-state index is 12.8. The van der Waals surface area contributed by atoms with E-state index >= 15 is 0 Å². The normalized spacial score (nSPS) is 12.6. The summed E-state index contributed by atoms with van der Waals surface area (Å²) in [7, 11) is 1.33. The number of hydrogen-bond acceptors (Lipinski definition) is 8. The Morgan fingerprint density at radius 2 is 2.17 bits per heavy atom. The summed E-state index contributed by atoms with van der Waals surface area (Å²) in [6.45, 7) is 2.06. The van der Waals surface area contributed by atoms with Crippen molar-refractivity contribution >= 4 is 45.4 Å². The number of nitrogens with one attached hydrogen (secondary N) is 1. The lowest BCUT2D eigenvalue weighted by atomic mass is 10.1. The minimum atomic E-state index is -0.534. The summed E-state index contributed by atoms with van der Waals surface area (Å²) in [6, 6.07) is 3.14. The van der Waals surface area contributed by atoms with Crippen molar-refractivity contribution in [1.82, 2.24) is 9.78 Å². The third kappa shape index (κ3) is 3.73. The maximum Gasteiger partial charge on any atom is 0.390 e. The molecule has 1 aliphatic rings. The summed E-state index contributed by atoms with van der Waals surface area (Å²) in [5, 5.41) is 20.0. The molecule has 0 saturated heterocycles. The number of hydrogen-bond donors (Lipinski definition) is 1. The average molecular weight is 447 g/mol. The highest BCUT2D eigenvalue weighted by atomic mass is 32.1. The van der Waals surface area contributed by atoms with E-state index in [4.69, 9.17) is 4.74 Å². The molecule has 3 heterocycles. The van der Waals surface area contributed by atoms with Gasteiger partial charge in [-0.15, -0.1) is 22.7 Å². The minimum absolute atomic E-state index is 0.207. The van der Waals surface area contributed by atoms with Crippen LogP contribution in [0.1, 0.15) is 48.1 Å². The summed E-state index contributed by atoms with van der Waals surface area (Å²) >= 11 is 2.69. The molecule has 0 aromatic carbocycles. The molecule has 0 aliphatic heterocycles. The van der Waals surface area contributed by atoms with Gasteiger partial charge in [0.05, 0.1) is 41.0 Å². The number of carbonyl (C=O) groups is 2. The van der Waals surface area contributed by atoms with Crippen molar-refractivity contribution in [1.29, 1.82) is 0 Å². The molecule has 0 fully saturated rings. The monoisotopic (exact) mass is 446 g/mol. The summed E-state index contributed by atoms with van der Waals surface area (Å²) < 4.78 is 6.44. The number of methoxy groups -OCH3 is 1. The first-order chi connectivity index (χ1) is 14.4. The molecule has 30 heavy (non-hydrogen) atoms. The van der Waals surface area contributed by atoms with Gasteiger partial charge in [-0.25, -0.2) is 4.79 Å². The molecule has 0 radical (unpaired) electrons. The zero-order chi connectivity index (χ0) is 21.4. The quantitative estimate of drug-likeness (QED) is 0.350. The Labute approximate surface area is 179 Å². The van der Waals surface area contributed by atoms with Crippen LogP contribution in [0.3, 0.4) is 0 Å². The summed E-state index contributed by atoms with van der Waals surface area (Å²) in [5.41, 5.74) is 2.91. The zero-order valence-electron chi connectivity index (χ0n) is 16.3. The number of aromatic nitrogens is 2. The van der Waals surface area contributed by atoms with Crippen LogP contribution in [0.4, 0.5) is 10.8 Å². The number of nitrogens with zero attached hydrogens (tertiary/aromatic N) is 3. The Morgan fingerprint density at radius 1 is 1.37 bits per heavy atom. The van der Waals surface area contributed by atoms with Gasteiger partial charge in [-0.2, -0.15) is 4.68 Å². The third-order valence-corrected chi connectivity index (χ3v) is 7.09. The molecule has 0 atom stereocenters. The number of nitro groups is 1. The molecule has 3 aromatic rings. The third-order valence-electron chi connectivity index (χ3n) is 4.90. The number of carbonyl (C=O) groups excluding carboxylic acids is 2. The second-order valence-corrected chi connectivity index (χ2v) is 8.90. The number of esters is 1. The van der Waals surface area contributed by atoms with Crippen LogP contribution in [0.5, 0.6) is 0 Å². The molecule has 4 rings (SSSR count). The van der Waals surface area contributed by atoms with Crippen molar-refractivity contribution in [3.63, 3.8) is 0 Å². The van der Waals surface area contributed by atoms with Crippen molar-refractivity contribution < 1.29 is 19.2 Å². The van der Waals surface area contributed by atoms with Crippen LogP contribution < -0.4 is 5.32 Å². The number of amides is 1. The van der Waals surface area contributed by atoms with Crippen LogP contribution in [0.2, 0.25) is 0 Å². The van der Waals surface area contributed by atoms with E-state index in [1.807, 2.05) is 5.38 Å². The van der Waals surface area contributed by atoms with Crippen molar-refractivity contribution in [3.05, 3.63) is 59.8 Å². The first-order valence-electron chi connectivity index (χ1n) is 9.17. The first kappa shape index (κ1) is 20.2. The molecule has 1 N–H and O–H groups in total. The van der Waals surface area contributed by atoms with Crippen LogP contribution in [0.25, 0.3) is 0 Å². The molecule has 1 aliphatic carbocycles. The standard InChI is InChI=1S/C19H18N4O5S2/c1-10-6-15(23(26)27)21-22(10)8-11-7-14(29-9-11)17(24)20-18-16(19(25)28-2)12-4-3-5-13(12)30-18/h6-7,9H,3-5,8H2,1-2H3,(H,20,24). The molecule has 3 aromatic heterocycles. The van der Waals surface area contributed by atoms with E-state index in [9.17, 15) is 19.7 Å². The van der Waals surface area contributed by atoms with Crippen molar-refractivity contribution in [2.24, 2.45) is 0 Å². The SMILES string of the molecule is COC(=O)c1c(NC(=O)c2cc(Cn3nc([N+](=O)[O-])cc3C)cs2)sc2c1CCC2. The van der Waals surface area contributed by atoms with E-state index in [0.29, 0.717) is 27.7 Å². The van der Waals surface area contributed by atoms with Gasteiger partial charge in [-0.3, -0.25) is 4.79 Å². The Morgan fingerprint density at radius 3 is 2.87 bits per heavy atom. The van der Waals surface area contributed by atoms with Crippen LogP contribution in [-0.2, 0) is 24.1 Å². The second-order valence-electron chi connectivity index (χ2n) is 6.89. The maximum absolute atomic E-state index is 12.8. The zero-order valence-corrected chi connectivity index (χ0v) is 17.9. The topological polar surface area (TPSA) is 116 Å². The van der Waals surface area contributed by atoms with Gasteiger partial charge in [0.25, 0.3) is 5.91 Å². The van der Waals surface area contributed by atoms with Crippen molar-refractivity contribution in [2.75, 3.05) is 12.4 Å². The molecule has 11 heteroatoms. The lowest BCUT2D eigenvalue weighted by molar-refractivity contribution is -0.389. The van der Waals surface area contributed by atoms with Gasteiger partial charge in [0.15, 0.2) is 0 Å². The van der Waals surface area contributed by atoms with E-state index in [-0.39, 0.29) is 11.7 Å². The van der Waals surface area contributed by atoms with Gasteiger partial charge in [-0.05, 0) is 53.7 Å². The van der Waals surface area contributed by atoms with Gasteiger partial charge in [-0.1, -0.05) is 0 Å². The van der Waals surface area contributed by atoms with Crippen LogP contribution in [-0.4, -0.2) is 33.7 Å². The number of aryl methyl sites for hydroxylation is 2. The smallest absolute Gasteiger partial charge is 0.390 e. The molecule has 156 valence electrons. The number of anilines is 1. The molecule has 0 spiro atoms. The van der Waals surface area contributed by atoms with Crippen LogP contribution >= 0.6 is 22.7 Å². The summed E-state index contributed by atoms with van der Waals surface area (Å²) in [5.74, 6) is -0.950. The Balaban J connectivity index is 1.52. The largest absolute Gasteiger partial charge is 0.465 e. The number of fused-ring (bicyclic) bond motifs is 1. The predicted molar refractivity (Wildman–Crippen MR) is 113 cm³/mol. The first-order valence-corrected chi connectivity index (χ1v) is 10.9. The lowest BCUT2D eigenvalue weighted by Crippen LogP contribution is -2.13. The van der Waals surface area contributed by atoms with E-state index in [2.05, 4.69) is 10.4 Å². The fraction of sp³-hybridized carbons (Fsp3) is 0.316. The van der Waals surface area contributed by atoms with Crippen molar-refractivity contribution in [3.8, 4) is 0 Å². The molecule has 9 nitrogen and oxygen atoms in total. The minimum Gasteiger partial charge on any atom is -0.465 e. The fourth-order valence-corrected chi connectivity index (χ4v) is 5.54. The Bertz CT molecular complexity index is 1160. The van der Waals surface area contributed by atoms with E-state index in [0.717, 1.165) is 35.3 Å². The molecule has 0 unspecified atom stereocenters. The van der Waals surface area contributed by atoms with Crippen molar-refractivity contribution in [2.45, 2.75) is 32.7 Å². The van der Waals surface area contributed by atoms with Gasteiger partial charge in [0, 0.05) is 4.88 Å². The van der Waals surface area contributed by atoms with Gasteiger partial charge in [0.2, 0.25) is 0 Å². The van der Waals surface area contributed by atoms with E-state index < -0.39 is 10.9 Å². The second kappa shape index (κ2) is 8.00. The average Bonchev–Trinajstić information content (AvgIpc) is 3.46. The highest BCUT2D eigenvalue weighted by Gasteiger charge is 2.28. The molecule has 0 bridgehead atoms. The molecular weight excluding hydrogens is 428 g/mol. The summed E-state index contributed by atoms with van der Waals surface area (Å²) in [6.07, 6.45) is 2.71. The molecular formula is C19H18N4O5S2. The molecule has 0 saturated carbocycles. The van der Waals surface area contributed by atoms with Crippen LogP contribution in [0.15, 0.2) is 17.5 Å². The number of ether oxygens (including phenoxy) is 1. The lowest BCUT2D eigenvalue weighted by Gasteiger charge is -2.06. The number of thiophene rings is 2. The van der Waals surface area contributed by atoms with E-state index in [1.54, 1.807) is 13.0 Å². The summed E-state index contributed by atoms with van der Waals surface area (Å²) in [4.78, 5) is 37.0. The highest BCUT2D eigenvalue weighted by Crippen LogP contribution is 2.39. The predicted octanol–water partition coefficient (Wildman–Crippen LogP) is 3.80. The Hall–Kier alpha value is -3.05.